The first-order valence-corrected chi connectivity index (χ1v) is 8.37. The predicted molar refractivity (Wildman–Crippen MR) is 101 cm³/mol. The van der Waals surface area contributed by atoms with E-state index in [0.29, 0.717) is 28.6 Å². The van der Waals surface area contributed by atoms with Crippen LogP contribution in [0.3, 0.4) is 0 Å². The van der Waals surface area contributed by atoms with Crippen molar-refractivity contribution in [2.75, 3.05) is 12.4 Å². The van der Waals surface area contributed by atoms with Crippen LogP contribution in [0.25, 0.3) is 22.0 Å². The SMILES string of the molecule is COc1ccc2c(-c3ccc(C(F)(F)F)cc3)nc(Nc3ccn[nH]3)cc2c1. The Morgan fingerprint density at radius 1 is 1.00 bits per heavy atom. The molecule has 0 aliphatic heterocycles. The molecule has 0 atom stereocenters. The maximum Gasteiger partial charge on any atom is 0.416 e. The quantitative estimate of drug-likeness (QED) is 0.495. The van der Waals surface area contributed by atoms with Gasteiger partial charge in [-0.2, -0.15) is 18.3 Å². The number of nitrogens with one attached hydrogen (secondary N) is 2. The molecule has 0 unspecified atom stereocenters. The molecule has 0 aliphatic carbocycles. The van der Waals surface area contributed by atoms with Gasteiger partial charge in [-0.05, 0) is 41.8 Å². The number of anilines is 2. The lowest BCUT2D eigenvalue weighted by Crippen LogP contribution is -2.04. The zero-order valence-corrected chi connectivity index (χ0v) is 14.7. The fourth-order valence-electron chi connectivity index (χ4n) is 2.93. The molecule has 2 aromatic carbocycles. The summed E-state index contributed by atoms with van der Waals surface area (Å²) in [6, 6.07) is 14.0. The van der Waals surface area contributed by atoms with Gasteiger partial charge in [0.05, 0.1) is 24.6 Å². The topological polar surface area (TPSA) is 62.8 Å². The van der Waals surface area contributed by atoms with Gasteiger partial charge in [0.1, 0.15) is 17.4 Å². The van der Waals surface area contributed by atoms with E-state index < -0.39 is 11.7 Å². The fraction of sp³-hybridized carbons (Fsp3) is 0.100. The van der Waals surface area contributed by atoms with E-state index in [9.17, 15) is 13.2 Å². The van der Waals surface area contributed by atoms with Crippen molar-refractivity contribution < 1.29 is 17.9 Å². The molecule has 142 valence electrons. The number of alkyl halides is 3. The fourth-order valence-corrected chi connectivity index (χ4v) is 2.93. The molecule has 0 saturated carbocycles. The van der Waals surface area contributed by atoms with Crippen molar-refractivity contribution in [1.29, 1.82) is 0 Å². The van der Waals surface area contributed by atoms with Crippen LogP contribution in [-0.2, 0) is 6.18 Å². The number of methoxy groups -OCH3 is 1. The Kier molecular flexibility index (Phi) is 4.38. The number of pyridine rings is 1. The number of hydrogen-bond acceptors (Lipinski definition) is 4. The third-order valence-electron chi connectivity index (χ3n) is 4.29. The van der Waals surface area contributed by atoms with Crippen LogP contribution in [0.15, 0.2) is 60.8 Å². The molecule has 0 amide bonds. The standard InChI is InChI=1S/C20H15F3N4O/c1-28-15-6-7-16-13(10-15)11-18(25-17-8-9-24-27-17)26-19(16)12-2-4-14(5-3-12)20(21,22)23/h2-11H,1H3,(H2,24,25,26,27). The number of hydrogen-bond donors (Lipinski definition) is 2. The van der Waals surface area contributed by atoms with Crippen LogP contribution in [0.5, 0.6) is 5.75 Å². The van der Waals surface area contributed by atoms with Crippen LogP contribution in [0.4, 0.5) is 24.8 Å². The summed E-state index contributed by atoms with van der Waals surface area (Å²) in [6.45, 7) is 0. The minimum absolute atomic E-state index is 0.528. The first kappa shape index (κ1) is 17.8. The number of fused-ring (bicyclic) bond motifs is 1. The average molecular weight is 384 g/mol. The number of H-pyrrole nitrogens is 1. The van der Waals surface area contributed by atoms with Gasteiger partial charge in [-0.15, -0.1) is 0 Å². The predicted octanol–water partition coefficient (Wildman–Crippen LogP) is 5.40. The second kappa shape index (κ2) is 6.88. The Morgan fingerprint density at radius 3 is 2.43 bits per heavy atom. The molecule has 2 aromatic heterocycles. The summed E-state index contributed by atoms with van der Waals surface area (Å²) in [5, 5.41) is 11.4. The van der Waals surface area contributed by atoms with Crippen LogP contribution in [-0.4, -0.2) is 22.3 Å². The van der Waals surface area contributed by atoms with Gasteiger partial charge in [-0.1, -0.05) is 12.1 Å². The molecular formula is C20H15F3N4O. The molecule has 0 aliphatic rings. The number of halogens is 3. The Labute approximate surface area is 158 Å². The Hall–Kier alpha value is -3.55. The van der Waals surface area contributed by atoms with Crippen LogP contribution in [0.1, 0.15) is 5.56 Å². The zero-order valence-electron chi connectivity index (χ0n) is 14.7. The molecule has 8 heteroatoms. The number of aromatic nitrogens is 3. The Morgan fingerprint density at radius 2 is 1.79 bits per heavy atom. The van der Waals surface area contributed by atoms with Gasteiger partial charge in [0.2, 0.25) is 0 Å². The van der Waals surface area contributed by atoms with Gasteiger partial charge >= 0.3 is 6.18 Å². The van der Waals surface area contributed by atoms with E-state index in [4.69, 9.17) is 4.74 Å². The number of aromatic amines is 1. The van der Waals surface area contributed by atoms with Crippen LogP contribution >= 0.6 is 0 Å². The minimum atomic E-state index is -4.38. The summed E-state index contributed by atoms with van der Waals surface area (Å²) in [4.78, 5) is 4.61. The van der Waals surface area contributed by atoms with Crippen molar-refractivity contribution in [3.8, 4) is 17.0 Å². The minimum Gasteiger partial charge on any atom is -0.497 e. The van der Waals surface area contributed by atoms with Crippen molar-refractivity contribution in [2.24, 2.45) is 0 Å². The van der Waals surface area contributed by atoms with Crippen molar-refractivity contribution in [3.63, 3.8) is 0 Å². The number of ether oxygens (including phenoxy) is 1. The smallest absolute Gasteiger partial charge is 0.416 e. The average Bonchev–Trinajstić information content (AvgIpc) is 3.19. The third-order valence-corrected chi connectivity index (χ3v) is 4.29. The monoisotopic (exact) mass is 384 g/mol. The molecule has 4 aromatic rings. The van der Waals surface area contributed by atoms with E-state index in [-0.39, 0.29) is 0 Å². The lowest BCUT2D eigenvalue weighted by Gasteiger charge is -2.13. The number of rotatable bonds is 4. The molecule has 0 saturated heterocycles. The number of nitrogens with zero attached hydrogens (tertiary/aromatic N) is 2. The van der Waals surface area contributed by atoms with Crippen LogP contribution in [0.2, 0.25) is 0 Å². The number of benzene rings is 2. The third kappa shape index (κ3) is 3.48. The van der Waals surface area contributed by atoms with E-state index in [0.717, 1.165) is 22.9 Å². The highest BCUT2D eigenvalue weighted by molar-refractivity contribution is 5.97. The highest BCUT2D eigenvalue weighted by Crippen LogP contribution is 2.34. The molecule has 4 rings (SSSR count). The van der Waals surface area contributed by atoms with E-state index in [2.05, 4.69) is 20.5 Å². The molecule has 0 spiro atoms. The summed E-state index contributed by atoms with van der Waals surface area (Å²) in [6.07, 6.45) is -2.78. The lowest BCUT2D eigenvalue weighted by atomic mass is 10.0. The Balaban J connectivity index is 1.85. The molecule has 2 N–H and O–H groups in total. The summed E-state index contributed by atoms with van der Waals surface area (Å²) < 4.78 is 43.9. The van der Waals surface area contributed by atoms with Gasteiger partial charge in [-0.25, -0.2) is 4.98 Å². The molecule has 0 bridgehead atoms. The molecule has 2 heterocycles. The first-order chi connectivity index (χ1) is 13.4. The van der Waals surface area contributed by atoms with Crippen LogP contribution in [0, 0.1) is 0 Å². The summed E-state index contributed by atoms with van der Waals surface area (Å²) in [7, 11) is 1.57. The summed E-state index contributed by atoms with van der Waals surface area (Å²) in [5.74, 6) is 1.84. The van der Waals surface area contributed by atoms with Gasteiger partial charge in [0.15, 0.2) is 0 Å². The highest BCUT2D eigenvalue weighted by Gasteiger charge is 2.30. The van der Waals surface area contributed by atoms with E-state index in [1.54, 1.807) is 25.4 Å². The van der Waals surface area contributed by atoms with Crippen LogP contribution < -0.4 is 10.1 Å². The normalized spacial score (nSPS) is 11.6. The van der Waals surface area contributed by atoms with E-state index in [1.807, 2.05) is 18.2 Å². The first-order valence-electron chi connectivity index (χ1n) is 8.37. The maximum atomic E-state index is 12.9. The van der Waals surface area contributed by atoms with E-state index >= 15 is 0 Å². The second-order valence-corrected chi connectivity index (χ2v) is 6.11. The second-order valence-electron chi connectivity index (χ2n) is 6.11. The van der Waals surface area contributed by atoms with Crippen molar-refractivity contribution in [1.82, 2.24) is 15.2 Å². The largest absolute Gasteiger partial charge is 0.497 e. The summed E-state index contributed by atoms with van der Waals surface area (Å²) >= 11 is 0. The van der Waals surface area contributed by atoms with Gasteiger partial charge in [0, 0.05) is 17.0 Å². The van der Waals surface area contributed by atoms with Crippen molar-refractivity contribution >= 4 is 22.4 Å². The Bertz CT molecular complexity index is 1110. The lowest BCUT2D eigenvalue weighted by molar-refractivity contribution is -0.137. The molecule has 5 nitrogen and oxygen atoms in total. The molecular weight excluding hydrogens is 369 g/mol. The zero-order chi connectivity index (χ0) is 19.7. The van der Waals surface area contributed by atoms with Crippen molar-refractivity contribution in [2.45, 2.75) is 6.18 Å². The van der Waals surface area contributed by atoms with Gasteiger partial charge in [0.25, 0.3) is 0 Å². The molecule has 0 fully saturated rings. The highest BCUT2D eigenvalue weighted by atomic mass is 19.4. The van der Waals surface area contributed by atoms with Gasteiger partial charge < -0.3 is 10.1 Å². The van der Waals surface area contributed by atoms with E-state index in [1.165, 1.54) is 12.1 Å². The van der Waals surface area contributed by atoms with Crippen molar-refractivity contribution in [3.05, 3.63) is 66.4 Å². The molecule has 28 heavy (non-hydrogen) atoms. The summed E-state index contributed by atoms with van der Waals surface area (Å²) in [5.41, 5.74) is 0.446. The van der Waals surface area contributed by atoms with Gasteiger partial charge in [-0.3, -0.25) is 5.10 Å². The molecule has 0 radical (unpaired) electrons. The maximum absolute atomic E-state index is 12.9.